The maximum absolute atomic E-state index is 14.5. The van der Waals surface area contributed by atoms with Crippen LogP contribution in [0.2, 0.25) is 0 Å². The maximum Gasteiger partial charge on any atom is 0.228 e. The first-order valence-corrected chi connectivity index (χ1v) is 7.01. The first kappa shape index (κ1) is 14.1. The lowest BCUT2D eigenvalue weighted by molar-refractivity contribution is -0.121. The highest BCUT2D eigenvalue weighted by atomic mass is 19.1. The lowest BCUT2D eigenvalue weighted by Gasteiger charge is -2.26. The number of hydrogen-bond acceptors (Lipinski definition) is 2. The Labute approximate surface area is 122 Å². The first-order chi connectivity index (χ1) is 9.83. The van der Waals surface area contributed by atoms with Crippen molar-refractivity contribution in [3.8, 4) is 0 Å². The molecule has 1 fully saturated rings. The van der Waals surface area contributed by atoms with Crippen molar-refractivity contribution in [1.29, 1.82) is 0 Å². The molecule has 0 radical (unpaired) electrons. The molecule has 112 valence electrons. The molecule has 0 aliphatic heterocycles. The number of fused-ring (bicyclic) bond motifs is 1. The van der Waals surface area contributed by atoms with Crippen LogP contribution in [-0.2, 0) is 10.2 Å². The number of amides is 1. The summed E-state index contributed by atoms with van der Waals surface area (Å²) in [7, 11) is 0. The number of primary amides is 1. The highest BCUT2D eigenvalue weighted by molar-refractivity contribution is 5.93. The van der Waals surface area contributed by atoms with E-state index in [0.29, 0.717) is 17.5 Å². The summed E-state index contributed by atoms with van der Waals surface area (Å²) in [5.74, 6) is -1.11. The zero-order valence-corrected chi connectivity index (χ0v) is 12.1. The van der Waals surface area contributed by atoms with Gasteiger partial charge in [-0.3, -0.25) is 4.79 Å². The lowest BCUT2D eigenvalue weighted by Crippen LogP contribution is -2.36. The molecule has 0 saturated heterocycles. The topological polar surface area (TPSA) is 79.1 Å². The van der Waals surface area contributed by atoms with Crippen molar-refractivity contribution in [2.75, 3.05) is 6.61 Å². The third-order valence-electron chi connectivity index (χ3n) is 4.87. The number of aliphatic hydroxyl groups is 1. The quantitative estimate of drug-likeness (QED) is 0.806. The molecule has 1 amide bonds. The molecule has 1 aromatic heterocycles. The lowest BCUT2D eigenvalue weighted by atomic mass is 9.80. The van der Waals surface area contributed by atoms with Crippen LogP contribution in [0.5, 0.6) is 0 Å². The van der Waals surface area contributed by atoms with E-state index in [9.17, 15) is 14.3 Å². The second-order valence-electron chi connectivity index (χ2n) is 6.64. The molecule has 4 N–H and O–H groups in total. The molecule has 5 heteroatoms. The fourth-order valence-corrected chi connectivity index (χ4v) is 3.44. The highest BCUT2D eigenvalue weighted by Gasteiger charge is 2.65. The van der Waals surface area contributed by atoms with Crippen molar-refractivity contribution in [2.45, 2.75) is 25.7 Å². The SMILES string of the molecule is CC(C)(CO)C1CC1(C(N)=O)c1cc2cc[nH]c2cc1F. The zero-order valence-electron chi connectivity index (χ0n) is 12.1. The minimum atomic E-state index is -1.01. The van der Waals surface area contributed by atoms with E-state index >= 15 is 0 Å². The number of nitrogens with one attached hydrogen (secondary N) is 1. The molecule has 1 aromatic carbocycles. The van der Waals surface area contributed by atoms with Crippen molar-refractivity contribution in [3.63, 3.8) is 0 Å². The molecule has 0 spiro atoms. The molecule has 2 aromatic rings. The molecule has 1 aliphatic rings. The van der Waals surface area contributed by atoms with Gasteiger partial charge in [0.1, 0.15) is 5.82 Å². The summed E-state index contributed by atoms with van der Waals surface area (Å²) in [6.07, 6.45) is 2.20. The number of aromatic nitrogens is 1. The van der Waals surface area contributed by atoms with Crippen LogP contribution in [0.1, 0.15) is 25.8 Å². The van der Waals surface area contributed by atoms with E-state index in [1.165, 1.54) is 6.07 Å². The summed E-state index contributed by atoms with van der Waals surface area (Å²) in [5, 5.41) is 10.4. The summed E-state index contributed by atoms with van der Waals surface area (Å²) in [6.45, 7) is 3.67. The Morgan fingerprint density at radius 1 is 1.57 bits per heavy atom. The van der Waals surface area contributed by atoms with Gasteiger partial charge in [-0.1, -0.05) is 13.8 Å². The van der Waals surface area contributed by atoms with Crippen LogP contribution in [0, 0.1) is 17.2 Å². The van der Waals surface area contributed by atoms with Gasteiger partial charge in [0, 0.05) is 23.9 Å². The van der Waals surface area contributed by atoms with Crippen molar-refractivity contribution < 1.29 is 14.3 Å². The van der Waals surface area contributed by atoms with Crippen LogP contribution in [0.25, 0.3) is 10.9 Å². The molecule has 1 heterocycles. The fourth-order valence-electron chi connectivity index (χ4n) is 3.44. The predicted octanol–water partition coefficient (Wildman–Crippen LogP) is 2.07. The number of carbonyl (C=O) groups excluding carboxylic acids is 1. The van der Waals surface area contributed by atoms with Gasteiger partial charge >= 0.3 is 0 Å². The van der Waals surface area contributed by atoms with Crippen LogP contribution < -0.4 is 5.73 Å². The molecule has 2 atom stereocenters. The largest absolute Gasteiger partial charge is 0.396 e. The smallest absolute Gasteiger partial charge is 0.228 e. The average Bonchev–Trinajstić information content (AvgIpc) is 3.05. The van der Waals surface area contributed by atoms with Gasteiger partial charge in [0.2, 0.25) is 5.91 Å². The molecule has 1 aliphatic carbocycles. The van der Waals surface area contributed by atoms with Crippen molar-refractivity contribution in [2.24, 2.45) is 17.1 Å². The Bertz CT molecular complexity index is 722. The van der Waals surface area contributed by atoms with E-state index in [0.717, 1.165) is 5.39 Å². The third kappa shape index (κ3) is 1.87. The molecule has 1 saturated carbocycles. The molecule has 2 unspecified atom stereocenters. The number of rotatable bonds is 4. The van der Waals surface area contributed by atoms with Gasteiger partial charge in [0.25, 0.3) is 0 Å². The molecular weight excluding hydrogens is 271 g/mol. The number of halogens is 1. The number of H-pyrrole nitrogens is 1. The zero-order chi connectivity index (χ0) is 15.4. The van der Waals surface area contributed by atoms with E-state index in [1.807, 2.05) is 19.9 Å². The Morgan fingerprint density at radius 3 is 2.90 bits per heavy atom. The van der Waals surface area contributed by atoms with Gasteiger partial charge in [0.15, 0.2) is 0 Å². The number of aromatic amines is 1. The van der Waals surface area contributed by atoms with Gasteiger partial charge in [-0.2, -0.15) is 0 Å². The van der Waals surface area contributed by atoms with Gasteiger partial charge in [0.05, 0.1) is 5.41 Å². The van der Waals surface area contributed by atoms with E-state index in [1.54, 1.807) is 12.3 Å². The summed E-state index contributed by atoms with van der Waals surface area (Å²) in [6, 6.07) is 4.93. The normalized spacial score (nSPS) is 25.2. The Hall–Kier alpha value is -1.88. The van der Waals surface area contributed by atoms with E-state index in [2.05, 4.69) is 4.98 Å². The summed E-state index contributed by atoms with van der Waals surface area (Å²) >= 11 is 0. The highest BCUT2D eigenvalue weighted by Crippen LogP contribution is 2.62. The number of aliphatic hydroxyl groups excluding tert-OH is 1. The van der Waals surface area contributed by atoms with E-state index < -0.39 is 22.6 Å². The number of carbonyl (C=O) groups is 1. The second-order valence-corrected chi connectivity index (χ2v) is 6.64. The van der Waals surface area contributed by atoms with Gasteiger partial charge < -0.3 is 15.8 Å². The Morgan fingerprint density at radius 2 is 2.29 bits per heavy atom. The number of nitrogens with two attached hydrogens (primary N) is 1. The standard InChI is InChI=1S/C16H19FN2O2/c1-15(2,8-20)13-7-16(13,14(18)21)10-5-9-3-4-19-12(9)6-11(10)17/h3-6,13,19-20H,7-8H2,1-2H3,(H2,18,21). The summed E-state index contributed by atoms with van der Waals surface area (Å²) < 4.78 is 14.5. The predicted molar refractivity (Wildman–Crippen MR) is 78.1 cm³/mol. The molecule has 0 bridgehead atoms. The number of benzene rings is 1. The van der Waals surface area contributed by atoms with Crippen LogP contribution in [0.4, 0.5) is 4.39 Å². The van der Waals surface area contributed by atoms with Gasteiger partial charge in [-0.15, -0.1) is 0 Å². The second kappa shape index (κ2) is 4.31. The monoisotopic (exact) mass is 290 g/mol. The Kier molecular flexibility index (Phi) is 2.89. The van der Waals surface area contributed by atoms with E-state index in [4.69, 9.17) is 5.73 Å². The van der Waals surface area contributed by atoms with Crippen LogP contribution in [0.3, 0.4) is 0 Å². The van der Waals surface area contributed by atoms with Crippen molar-refractivity contribution in [1.82, 2.24) is 4.98 Å². The Balaban J connectivity index is 2.14. The molecule has 21 heavy (non-hydrogen) atoms. The van der Waals surface area contributed by atoms with Gasteiger partial charge in [-0.05, 0) is 41.3 Å². The first-order valence-electron chi connectivity index (χ1n) is 7.01. The maximum atomic E-state index is 14.5. The van der Waals surface area contributed by atoms with Crippen molar-refractivity contribution >= 4 is 16.8 Å². The molecule has 3 rings (SSSR count). The van der Waals surface area contributed by atoms with E-state index in [-0.39, 0.29) is 12.5 Å². The molecular formula is C16H19FN2O2. The minimum absolute atomic E-state index is 0.0687. The number of hydrogen-bond donors (Lipinski definition) is 3. The molecule has 4 nitrogen and oxygen atoms in total. The summed E-state index contributed by atoms with van der Waals surface area (Å²) in [4.78, 5) is 15.0. The van der Waals surface area contributed by atoms with Crippen LogP contribution in [0.15, 0.2) is 24.4 Å². The average molecular weight is 290 g/mol. The van der Waals surface area contributed by atoms with Crippen molar-refractivity contribution in [3.05, 3.63) is 35.8 Å². The third-order valence-corrected chi connectivity index (χ3v) is 4.87. The van der Waals surface area contributed by atoms with Crippen LogP contribution in [-0.4, -0.2) is 22.6 Å². The summed E-state index contributed by atoms with van der Waals surface area (Å²) in [5.41, 5.74) is 5.14. The van der Waals surface area contributed by atoms with Crippen LogP contribution >= 0.6 is 0 Å². The minimum Gasteiger partial charge on any atom is -0.396 e. The fraction of sp³-hybridized carbons (Fsp3) is 0.438. The van der Waals surface area contributed by atoms with Gasteiger partial charge in [-0.25, -0.2) is 4.39 Å².